The second-order valence-electron chi connectivity index (χ2n) is 26.7. The molecule has 0 aliphatic carbocycles. The number of hydrogen-bond acceptors (Lipinski definition) is 15. The quantitative estimate of drug-likeness (QED) is 0.0222. The molecule has 0 aliphatic heterocycles. The lowest BCUT2D eigenvalue weighted by atomic mass is 9.99. The first kappa shape index (κ1) is 87.1. The van der Waals surface area contributed by atoms with E-state index in [1.807, 2.05) is 0 Å². The van der Waals surface area contributed by atoms with Gasteiger partial charge in [-0.15, -0.1) is 0 Å². The normalized spacial score (nSPS) is 14.9. The molecule has 89 heavy (non-hydrogen) atoms. The van der Waals surface area contributed by atoms with Crippen LogP contribution in [0, 0.1) is 23.7 Å². The fraction of sp³-hybridized carbons (Fsp3) is 0.943. The van der Waals surface area contributed by atoms with Crippen molar-refractivity contribution in [3.05, 3.63) is 0 Å². The lowest BCUT2D eigenvalue weighted by molar-refractivity contribution is -0.161. The Balaban J connectivity index is 5.24. The van der Waals surface area contributed by atoms with Crippen molar-refractivity contribution in [1.29, 1.82) is 0 Å². The third-order valence-electron chi connectivity index (χ3n) is 16.8. The summed E-state index contributed by atoms with van der Waals surface area (Å²) >= 11 is 0. The molecule has 0 bridgehead atoms. The third-order valence-corrected chi connectivity index (χ3v) is 18.7. The highest BCUT2D eigenvalue weighted by molar-refractivity contribution is 7.47. The van der Waals surface area contributed by atoms with Gasteiger partial charge in [0.15, 0.2) is 12.2 Å². The van der Waals surface area contributed by atoms with Gasteiger partial charge in [0, 0.05) is 25.7 Å². The lowest BCUT2D eigenvalue weighted by Gasteiger charge is -2.21. The number of aliphatic hydroxyl groups is 1. The number of aliphatic hydroxyl groups excluding tert-OH is 1. The van der Waals surface area contributed by atoms with Gasteiger partial charge in [-0.3, -0.25) is 37.3 Å². The van der Waals surface area contributed by atoms with Crippen LogP contribution in [0.2, 0.25) is 0 Å². The first-order valence-electron chi connectivity index (χ1n) is 36.3. The number of hydrogen-bond donors (Lipinski definition) is 3. The predicted molar refractivity (Wildman–Crippen MR) is 358 cm³/mol. The van der Waals surface area contributed by atoms with E-state index < -0.39 is 97.5 Å². The average Bonchev–Trinajstić information content (AvgIpc) is 3.71. The van der Waals surface area contributed by atoms with E-state index in [9.17, 15) is 43.2 Å². The molecule has 4 unspecified atom stereocenters. The summed E-state index contributed by atoms with van der Waals surface area (Å²) in [6, 6.07) is 0. The number of carbonyl (C=O) groups excluding carboxylic acids is 4. The van der Waals surface area contributed by atoms with Gasteiger partial charge in [-0.1, -0.05) is 293 Å². The van der Waals surface area contributed by atoms with E-state index in [0.29, 0.717) is 31.6 Å². The van der Waals surface area contributed by atoms with Gasteiger partial charge in [0.1, 0.15) is 19.3 Å². The second-order valence-corrected chi connectivity index (χ2v) is 29.6. The van der Waals surface area contributed by atoms with Crippen molar-refractivity contribution in [3.63, 3.8) is 0 Å². The van der Waals surface area contributed by atoms with Crippen LogP contribution < -0.4 is 0 Å². The van der Waals surface area contributed by atoms with Crippen LogP contribution in [0.5, 0.6) is 0 Å². The monoisotopic (exact) mass is 1310 g/mol. The molecule has 7 atom stereocenters. The number of ether oxygens (including phenoxy) is 4. The molecule has 0 fully saturated rings. The van der Waals surface area contributed by atoms with Gasteiger partial charge in [0.2, 0.25) is 0 Å². The highest BCUT2D eigenvalue weighted by Gasteiger charge is 2.30. The number of carbonyl (C=O) groups is 4. The summed E-state index contributed by atoms with van der Waals surface area (Å²) in [6.45, 7) is 14.1. The van der Waals surface area contributed by atoms with E-state index >= 15 is 0 Å². The SMILES string of the molecule is CCC(C)CCCCCCCCCCCCC(=O)O[C@H](COC(=O)CCCCCCCCC(C)CC)COP(=O)(O)OC[C@H](O)COP(=O)(O)OC[C@@H](COC(=O)CCCCCCCCC(C)C)OC(=O)CCCCCCCCCCCCCCCC(C)C. The minimum atomic E-state index is -4.95. The minimum absolute atomic E-state index is 0.105. The number of phosphoric ester groups is 2. The Morgan fingerprint density at radius 3 is 0.798 bits per heavy atom. The predicted octanol–water partition coefficient (Wildman–Crippen LogP) is 19.7. The lowest BCUT2D eigenvalue weighted by Crippen LogP contribution is -2.30. The van der Waals surface area contributed by atoms with Crippen molar-refractivity contribution in [2.24, 2.45) is 23.7 Å². The molecule has 0 aromatic rings. The smallest absolute Gasteiger partial charge is 0.462 e. The molecule has 528 valence electrons. The molecule has 0 radical (unpaired) electrons. The first-order valence-corrected chi connectivity index (χ1v) is 39.3. The zero-order chi connectivity index (χ0) is 66.1. The van der Waals surface area contributed by atoms with Crippen molar-refractivity contribution in [3.8, 4) is 0 Å². The fourth-order valence-electron chi connectivity index (χ4n) is 10.4. The van der Waals surface area contributed by atoms with Gasteiger partial charge in [0.05, 0.1) is 26.4 Å². The average molecular weight is 1310 g/mol. The van der Waals surface area contributed by atoms with Crippen LogP contribution in [0.25, 0.3) is 0 Å². The van der Waals surface area contributed by atoms with Crippen LogP contribution in [0.15, 0.2) is 0 Å². The molecule has 0 aromatic heterocycles. The highest BCUT2D eigenvalue weighted by atomic mass is 31.2. The number of esters is 4. The molecule has 0 amide bonds. The van der Waals surface area contributed by atoms with Crippen LogP contribution in [0.4, 0.5) is 0 Å². The minimum Gasteiger partial charge on any atom is -0.462 e. The maximum Gasteiger partial charge on any atom is 0.472 e. The Labute approximate surface area is 543 Å². The first-order chi connectivity index (χ1) is 42.7. The van der Waals surface area contributed by atoms with Crippen molar-refractivity contribution in [2.75, 3.05) is 39.6 Å². The molecule has 0 aromatic carbocycles. The van der Waals surface area contributed by atoms with Gasteiger partial charge in [-0.2, -0.15) is 0 Å². The van der Waals surface area contributed by atoms with Crippen LogP contribution in [-0.2, 0) is 65.4 Å². The summed E-state index contributed by atoms with van der Waals surface area (Å²) in [5.41, 5.74) is 0. The largest absolute Gasteiger partial charge is 0.472 e. The molecule has 0 saturated carbocycles. The van der Waals surface area contributed by atoms with Crippen LogP contribution in [0.3, 0.4) is 0 Å². The van der Waals surface area contributed by atoms with Crippen LogP contribution in [0.1, 0.15) is 344 Å². The fourth-order valence-corrected chi connectivity index (χ4v) is 12.0. The number of phosphoric acid groups is 2. The van der Waals surface area contributed by atoms with Gasteiger partial charge in [0.25, 0.3) is 0 Å². The number of rotatable bonds is 67. The summed E-state index contributed by atoms with van der Waals surface area (Å²) in [5, 5.41) is 10.6. The third kappa shape index (κ3) is 62.0. The van der Waals surface area contributed by atoms with E-state index in [0.717, 1.165) is 120 Å². The van der Waals surface area contributed by atoms with Gasteiger partial charge < -0.3 is 33.8 Å². The summed E-state index contributed by atoms with van der Waals surface area (Å²) in [4.78, 5) is 72.5. The second kappa shape index (κ2) is 59.8. The molecule has 0 spiro atoms. The Bertz CT molecular complexity index is 1770. The van der Waals surface area contributed by atoms with Gasteiger partial charge in [-0.25, -0.2) is 9.13 Å². The highest BCUT2D eigenvalue weighted by Crippen LogP contribution is 2.45. The summed E-state index contributed by atoms with van der Waals surface area (Å²) in [7, 11) is -9.90. The number of unbranched alkanes of at least 4 members (excludes halogenated alkanes) is 31. The van der Waals surface area contributed by atoms with E-state index in [4.69, 9.17) is 37.0 Å². The van der Waals surface area contributed by atoms with Crippen molar-refractivity contribution < 1.29 is 80.2 Å². The Kier molecular flexibility index (Phi) is 58.5. The summed E-state index contributed by atoms with van der Waals surface area (Å²) in [5.74, 6) is 0.868. The zero-order valence-electron chi connectivity index (χ0n) is 58.1. The Morgan fingerprint density at radius 1 is 0.315 bits per heavy atom. The molecule has 0 saturated heterocycles. The molecule has 3 N–H and O–H groups in total. The van der Waals surface area contributed by atoms with Crippen LogP contribution in [-0.4, -0.2) is 96.7 Å². The summed E-state index contributed by atoms with van der Waals surface area (Å²) < 4.78 is 68.2. The molecule has 19 heteroatoms. The van der Waals surface area contributed by atoms with Crippen molar-refractivity contribution in [1.82, 2.24) is 0 Å². The standard InChI is InChI=1S/C70H136O17P2/c1-9-62(7)48-40-32-23-19-16-17-21-25-37-45-53-70(75)87-66(57-81-68(73)51-43-35-29-27-33-41-49-63(8)10-2)59-85-89(78,79)83-55-64(71)54-82-88(76,77)84-58-65(56-80-67(72)50-42-34-28-26-31-39-47-61(5)6)86-69(74)52-44-36-24-20-15-13-11-12-14-18-22-30-38-46-60(3)4/h60-66,71H,9-59H2,1-8H3,(H,76,77)(H,78,79)/t62?,63?,64-,65-,66-/m1/s1. The summed E-state index contributed by atoms with van der Waals surface area (Å²) in [6.07, 6.45) is 41.8. The Hall–Kier alpha value is -1.94. The molecule has 0 aliphatic rings. The van der Waals surface area contributed by atoms with E-state index in [1.54, 1.807) is 0 Å². The maximum absolute atomic E-state index is 13.0. The molecular formula is C70H136O17P2. The molecule has 17 nitrogen and oxygen atoms in total. The van der Waals surface area contributed by atoms with Crippen molar-refractivity contribution in [2.45, 2.75) is 363 Å². The van der Waals surface area contributed by atoms with E-state index in [1.165, 1.54) is 135 Å². The van der Waals surface area contributed by atoms with Gasteiger partial charge >= 0.3 is 39.5 Å². The maximum atomic E-state index is 13.0. The molecule has 0 heterocycles. The zero-order valence-corrected chi connectivity index (χ0v) is 59.8. The van der Waals surface area contributed by atoms with Gasteiger partial charge in [-0.05, 0) is 49.4 Å². The van der Waals surface area contributed by atoms with E-state index in [2.05, 4.69) is 55.4 Å². The Morgan fingerprint density at radius 2 is 0.539 bits per heavy atom. The van der Waals surface area contributed by atoms with Crippen molar-refractivity contribution >= 4 is 39.5 Å². The molecular weight excluding hydrogens is 1170 g/mol. The van der Waals surface area contributed by atoms with Crippen LogP contribution >= 0.6 is 15.6 Å². The molecule has 0 rings (SSSR count). The topological polar surface area (TPSA) is 237 Å². The van der Waals surface area contributed by atoms with E-state index in [-0.39, 0.29) is 25.7 Å².